The Morgan fingerprint density at radius 3 is 1.35 bits per heavy atom. The molecule has 13 rings (SSSR count). The molecule has 0 bridgehead atoms. The maximum absolute atomic E-state index is 5.21. The van der Waals surface area contributed by atoms with Gasteiger partial charge in [0.05, 0.1) is 0 Å². The summed E-state index contributed by atoms with van der Waals surface area (Å²) < 4.78 is 0. The second-order valence-electron chi connectivity index (χ2n) is 16.3. The zero-order valence-electron chi connectivity index (χ0n) is 33.5. The van der Waals surface area contributed by atoms with Gasteiger partial charge in [-0.2, -0.15) is 0 Å². The molecular weight excluding hydrogens is 751 g/mol. The Hall–Kier alpha value is -8.27. The smallest absolute Gasteiger partial charge is 0.164 e. The van der Waals surface area contributed by atoms with Gasteiger partial charge >= 0.3 is 0 Å². The molecule has 12 aromatic carbocycles. The van der Waals surface area contributed by atoms with Crippen molar-refractivity contribution in [1.82, 2.24) is 15.0 Å². The largest absolute Gasteiger partial charge is 0.208 e. The van der Waals surface area contributed by atoms with Gasteiger partial charge in [-0.25, -0.2) is 15.0 Å². The van der Waals surface area contributed by atoms with Crippen LogP contribution in [0, 0.1) is 0 Å². The standard InChI is InChI=1S/C59H35N3/c1-2-13-42(14-3-1)57-60-58(62-59(61-57)51-25-8-15-37-12-4-5-19-45(37)51)50-21-7-6-20-46(50)38-28-26-36(27-29-38)44-34-43-33-32-41-17-10-23-48-47-22-9-16-39-30-31-40-18-11-24-49(55(40)53(39)47)52(35-44)56(43)54(41)48/h1-35H. The first kappa shape index (κ1) is 34.6. The highest BCUT2D eigenvalue weighted by molar-refractivity contribution is 6.37. The summed E-state index contributed by atoms with van der Waals surface area (Å²) in [4.78, 5) is 15.4. The molecule has 1 aromatic heterocycles. The summed E-state index contributed by atoms with van der Waals surface area (Å²) in [7, 11) is 0. The van der Waals surface area contributed by atoms with E-state index in [0.29, 0.717) is 17.5 Å². The lowest BCUT2D eigenvalue weighted by Gasteiger charge is -2.17. The molecule has 3 nitrogen and oxygen atoms in total. The van der Waals surface area contributed by atoms with Crippen molar-refractivity contribution in [3.63, 3.8) is 0 Å². The Bertz CT molecular complexity index is 3900. The fourth-order valence-corrected chi connectivity index (χ4v) is 9.98. The summed E-state index contributed by atoms with van der Waals surface area (Å²) >= 11 is 0. The van der Waals surface area contributed by atoms with Crippen molar-refractivity contribution in [2.45, 2.75) is 0 Å². The van der Waals surface area contributed by atoms with Crippen LogP contribution < -0.4 is 0 Å². The van der Waals surface area contributed by atoms with Crippen LogP contribution in [0.4, 0.5) is 0 Å². The van der Waals surface area contributed by atoms with Crippen LogP contribution in [-0.4, -0.2) is 15.0 Å². The van der Waals surface area contributed by atoms with Crippen LogP contribution in [0.15, 0.2) is 212 Å². The summed E-state index contributed by atoms with van der Waals surface area (Å²) in [6, 6.07) is 76.6. The number of nitrogens with zero attached hydrogens (tertiary/aromatic N) is 3. The number of fused-ring (bicyclic) bond motifs is 3. The normalized spacial score (nSPS) is 11.9. The summed E-state index contributed by atoms with van der Waals surface area (Å²) in [5, 5.41) is 17.7. The minimum atomic E-state index is 0.638. The van der Waals surface area contributed by atoms with E-state index in [4.69, 9.17) is 15.0 Å². The van der Waals surface area contributed by atoms with Crippen molar-refractivity contribution in [1.29, 1.82) is 0 Å². The van der Waals surface area contributed by atoms with Crippen LogP contribution in [0.2, 0.25) is 0 Å². The summed E-state index contributed by atoms with van der Waals surface area (Å²) in [5.41, 5.74) is 7.38. The molecule has 62 heavy (non-hydrogen) atoms. The first-order chi connectivity index (χ1) is 30.7. The van der Waals surface area contributed by atoms with Crippen molar-refractivity contribution in [3.05, 3.63) is 212 Å². The Morgan fingerprint density at radius 2 is 0.661 bits per heavy atom. The molecule has 0 N–H and O–H groups in total. The monoisotopic (exact) mass is 785 g/mol. The lowest BCUT2D eigenvalue weighted by atomic mass is 9.86. The molecule has 0 aliphatic heterocycles. The molecule has 13 aromatic rings. The lowest BCUT2D eigenvalue weighted by molar-refractivity contribution is 1.08. The van der Waals surface area contributed by atoms with Gasteiger partial charge in [0.25, 0.3) is 0 Å². The topological polar surface area (TPSA) is 38.7 Å². The predicted octanol–water partition coefficient (Wildman–Crippen LogP) is 15.7. The van der Waals surface area contributed by atoms with Gasteiger partial charge in [-0.1, -0.05) is 200 Å². The molecule has 0 amide bonds. The first-order valence-corrected chi connectivity index (χ1v) is 21.2. The second kappa shape index (κ2) is 13.6. The molecule has 0 saturated carbocycles. The highest BCUT2D eigenvalue weighted by Gasteiger charge is 2.19. The van der Waals surface area contributed by atoms with Crippen LogP contribution >= 0.6 is 0 Å². The molecule has 0 radical (unpaired) electrons. The number of aromatic nitrogens is 3. The molecule has 0 aliphatic carbocycles. The minimum Gasteiger partial charge on any atom is -0.208 e. The Morgan fingerprint density at radius 1 is 0.210 bits per heavy atom. The van der Waals surface area contributed by atoms with Crippen molar-refractivity contribution in [3.8, 4) is 56.4 Å². The van der Waals surface area contributed by atoms with Crippen LogP contribution in [0.25, 0.3) is 132 Å². The Labute approximate surface area is 357 Å². The third kappa shape index (κ3) is 5.35. The van der Waals surface area contributed by atoms with Crippen molar-refractivity contribution < 1.29 is 0 Å². The van der Waals surface area contributed by atoms with E-state index in [1.165, 1.54) is 70.2 Å². The van der Waals surface area contributed by atoms with Gasteiger partial charge in [0.15, 0.2) is 17.5 Å². The Balaban J connectivity index is 0.987. The average Bonchev–Trinajstić information content (AvgIpc) is 3.35. The van der Waals surface area contributed by atoms with Gasteiger partial charge in [0, 0.05) is 16.7 Å². The van der Waals surface area contributed by atoms with E-state index in [0.717, 1.165) is 44.2 Å². The van der Waals surface area contributed by atoms with Crippen molar-refractivity contribution in [2.24, 2.45) is 0 Å². The van der Waals surface area contributed by atoms with Gasteiger partial charge in [-0.15, -0.1) is 0 Å². The third-order valence-corrected chi connectivity index (χ3v) is 12.8. The highest BCUT2D eigenvalue weighted by Crippen LogP contribution is 2.45. The lowest BCUT2D eigenvalue weighted by Crippen LogP contribution is -2.01. The van der Waals surface area contributed by atoms with Crippen LogP contribution in [0.3, 0.4) is 0 Å². The number of hydrogen-bond acceptors (Lipinski definition) is 3. The molecule has 3 heteroatoms. The third-order valence-electron chi connectivity index (χ3n) is 12.8. The maximum Gasteiger partial charge on any atom is 0.164 e. The maximum atomic E-state index is 5.21. The van der Waals surface area contributed by atoms with E-state index < -0.39 is 0 Å². The fourth-order valence-electron chi connectivity index (χ4n) is 9.98. The van der Waals surface area contributed by atoms with E-state index in [9.17, 15) is 0 Å². The van der Waals surface area contributed by atoms with Gasteiger partial charge < -0.3 is 0 Å². The zero-order valence-corrected chi connectivity index (χ0v) is 33.5. The molecular formula is C59H35N3. The highest BCUT2D eigenvalue weighted by atomic mass is 15.0. The molecule has 0 aliphatic rings. The zero-order chi connectivity index (χ0) is 40.7. The molecule has 0 spiro atoms. The van der Waals surface area contributed by atoms with E-state index in [-0.39, 0.29) is 0 Å². The molecule has 0 saturated heterocycles. The fraction of sp³-hybridized carbons (Fsp3) is 0. The average molecular weight is 786 g/mol. The number of rotatable bonds is 5. The van der Waals surface area contributed by atoms with Gasteiger partial charge in [-0.3, -0.25) is 0 Å². The first-order valence-electron chi connectivity index (χ1n) is 21.2. The number of benzene rings is 11. The quantitative estimate of drug-likeness (QED) is 0.163. The molecule has 0 fully saturated rings. The van der Waals surface area contributed by atoms with Crippen LogP contribution in [0.5, 0.6) is 0 Å². The van der Waals surface area contributed by atoms with Gasteiger partial charge in [0.2, 0.25) is 0 Å². The van der Waals surface area contributed by atoms with E-state index in [2.05, 4.69) is 194 Å². The summed E-state index contributed by atoms with van der Waals surface area (Å²) in [6.07, 6.45) is 0. The van der Waals surface area contributed by atoms with E-state index >= 15 is 0 Å². The van der Waals surface area contributed by atoms with E-state index in [1.807, 2.05) is 18.2 Å². The SMILES string of the molecule is c1ccc(-c2nc(-c3ccccc3-c3ccc(-c4cc5ccc6cccc7c8cccc9ccc%10cccc(c(c4)c5c67)c%10c98)cc3)nc(-c3cccc4ccccc34)n2)cc1. The van der Waals surface area contributed by atoms with Crippen LogP contribution in [-0.2, 0) is 0 Å². The Kier molecular flexibility index (Phi) is 7.60. The molecule has 0 unspecified atom stereocenters. The molecule has 286 valence electrons. The van der Waals surface area contributed by atoms with Gasteiger partial charge in [-0.05, 0) is 110 Å². The van der Waals surface area contributed by atoms with Crippen LogP contribution in [0.1, 0.15) is 0 Å². The predicted molar refractivity (Wildman–Crippen MR) is 261 cm³/mol. The van der Waals surface area contributed by atoms with E-state index in [1.54, 1.807) is 0 Å². The molecule has 1 heterocycles. The minimum absolute atomic E-state index is 0.638. The second-order valence-corrected chi connectivity index (χ2v) is 16.3. The van der Waals surface area contributed by atoms with Gasteiger partial charge in [0.1, 0.15) is 0 Å². The number of hydrogen-bond donors (Lipinski definition) is 0. The van der Waals surface area contributed by atoms with Crippen molar-refractivity contribution in [2.75, 3.05) is 0 Å². The summed E-state index contributed by atoms with van der Waals surface area (Å²) in [6.45, 7) is 0. The summed E-state index contributed by atoms with van der Waals surface area (Å²) in [5.74, 6) is 1.93. The van der Waals surface area contributed by atoms with Crippen molar-refractivity contribution >= 4 is 75.4 Å². The molecule has 0 atom stereocenters.